The van der Waals surface area contributed by atoms with E-state index >= 15 is 0 Å². The number of aliphatic hydroxyl groups excluding tert-OH is 2. The molecule has 0 amide bonds. The van der Waals surface area contributed by atoms with E-state index in [1.165, 1.54) is 24.0 Å². The van der Waals surface area contributed by atoms with Crippen molar-refractivity contribution in [1.82, 2.24) is 0 Å². The quantitative estimate of drug-likeness (QED) is 0.422. The first-order valence-electron chi connectivity index (χ1n) is 11.3. The number of fused-ring (bicyclic) bond motifs is 3. The standard InChI is InChI=1S/C25H33O4P/c1-3-5-6-19-11-16(7-9-26)12-22-23-14-17(8-10-27)13-21(20-15-18(20)4-2)25(23)29-30-28-24(19)22/h11-14,18,20,26-27,30H,3-10,15H2,1-2H3/t18-,20?/m0/s1. The number of hydrogen-bond donors (Lipinski definition) is 2. The maximum absolute atomic E-state index is 9.59. The van der Waals surface area contributed by atoms with Gasteiger partial charge >= 0.3 is 0 Å². The molecule has 0 radical (unpaired) electrons. The van der Waals surface area contributed by atoms with Crippen molar-refractivity contribution in [3.63, 3.8) is 0 Å². The molecular weight excluding hydrogens is 395 g/mol. The van der Waals surface area contributed by atoms with E-state index in [1.54, 1.807) is 0 Å². The molecule has 5 heteroatoms. The van der Waals surface area contributed by atoms with E-state index in [0.717, 1.165) is 58.2 Å². The lowest BCUT2D eigenvalue weighted by Gasteiger charge is -2.10. The molecule has 30 heavy (non-hydrogen) atoms. The first-order valence-corrected chi connectivity index (χ1v) is 12.1. The van der Waals surface area contributed by atoms with Crippen LogP contribution in [0.3, 0.4) is 0 Å². The number of aliphatic hydroxyl groups is 2. The summed E-state index contributed by atoms with van der Waals surface area (Å²) in [6.07, 6.45) is 6.85. The number of unbranched alkanes of at least 4 members (excludes halogenated alkanes) is 1. The molecule has 1 saturated carbocycles. The van der Waals surface area contributed by atoms with Gasteiger partial charge in [0.05, 0.1) is 0 Å². The zero-order chi connectivity index (χ0) is 21.1. The summed E-state index contributed by atoms with van der Waals surface area (Å²) in [4.78, 5) is 0. The van der Waals surface area contributed by atoms with Gasteiger partial charge in [-0.3, -0.25) is 0 Å². The van der Waals surface area contributed by atoms with Crippen LogP contribution >= 0.6 is 8.67 Å². The number of rotatable bonds is 9. The predicted molar refractivity (Wildman–Crippen MR) is 124 cm³/mol. The molecule has 1 aliphatic rings. The largest absolute Gasteiger partial charge is 0.421 e. The SMILES string of the molecule is CCCCc1cc(CCO)cc2c1o[pH]oc1c(C3C[C@@H]3CC)cc(CCO)cc12. The van der Waals surface area contributed by atoms with Gasteiger partial charge in [-0.15, -0.1) is 0 Å². The minimum Gasteiger partial charge on any atom is -0.421 e. The Morgan fingerprint density at radius 2 is 1.57 bits per heavy atom. The zero-order valence-electron chi connectivity index (χ0n) is 18.0. The Hall–Kier alpha value is -1.74. The number of hydrogen-bond acceptors (Lipinski definition) is 4. The second kappa shape index (κ2) is 9.60. The third-order valence-corrected chi connectivity index (χ3v) is 7.00. The third-order valence-electron chi connectivity index (χ3n) is 6.43. The maximum atomic E-state index is 9.59. The molecule has 0 aliphatic heterocycles. The Labute approximate surface area is 179 Å². The van der Waals surface area contributed by atoms with Gasteiger partial charge in [-0.25, -0.2) is 0 Å². The molecule has 1 heterocycles. The molecule has 3 aromatic rings. The Bertz CT molecular complexity index is 1060. The van der Waals surface area contributed by atoms with Gasteiger partial charge in [-0.2, -0.15) is 0 Å². The van der Waals surface area contributed by atoms with Crippen molar-refractivity contribution in [2.45, 2.75) is 64.7 Å². The summed E-state index contributed by atoms with van der Waals surface area (Å²) in [6, 6.07) is 8.76. The highest BCUT2D eigenvalue weighted by Gasteiger charge is 2.38. The molecule has 1 fully saturated rings. The smallest absolute Gasteiger partial charge is 0.201 e. The van der Waals surface area contributed by atoms with Gasteiger partial charge in [0.2, 0.25) is 8.67 Å². The molecule has 0 spiro atoms. The van der Waals surface area contributed by atoms with E-state index < -0.39 is 0 Å². The van der Waals surface area contributed by atoms with Crippen LogP contribution in [-0.2, 0) is 19.3 Å². The zero-order valence-corrected chi connectivity index (χ0v) is 19.0. The number of benzene rings is 2. The van der Waals surface area contributed by atoms with Crippen molar-refractivity contribution in [2.75, 3.05) is 13.2 Å². The lowest BCUT2D eigenvalue weighted by molar-refractivity contribution is 0.299. The minimum absolute atomic E-state index is 0.0634. The van der Waals surface area contributed by atoms with E-state index in [1.807, 2.05) is 0 Å². The summed E-state index contributed by atoms with van der Waals surface area (Å²) in [5, 5.41) is 21.3. The van der Waals surface area contributed by atoms with Gasteiger partial charge < -0.3 is 18.6 Å². The molecule has 4 rings (SSSR count). The first-order chi connectivity index (χ1) is 14.7. The fourth-order valence-electron chi connectivity index (χ4n) is 4.66. The summed E-state index contributed by atoms with van der Waals surface area (Å²) in [6.45, 7) is 4.72. The Morgan fingerprint density at radius 1 is 0.900 bits per heavy atom. The van der Waals surface area contributed by atoms with Crippen molar-refractivity contribution in [3.8, 4) is 0 Å². The molecule has 4 nitrogen and oxygen atoms in total. The molecule has 162 valence electrons. The molecule has 3 atom stereocenters. The van der Waals surface area contributed by atoms with Gasteiger partial charge in [-0.05, 0) is 78.3 Å². The van der Waals surface area contributed by atoms with E-state index in [-0.39, 0.29) is 21.9 Å². The monoisotopic (exact) mass is 428 g/mol. The Morgan fingerprint density at radius 3 is 2.20 bits per heavy atom. The van der Waals surface area contributed by atoms with E-state index in [2.05, 4.69) is 38.1 Å². The van der Waals surface area contributed by atoms with Crippen molar-refractivity contribution < 1.29 is 18.6 Å². The van der Waals surface area contributed by atoms with Crippen molar-refractivity contribution in [3.05, 3.63) is 46.5 Å². The highest BCUT2D eigenvalue weighted by atomic mass is 31.1. The van der Waals surface area contributed by atoms with E-state index in [4.69, 9.17) is 8.39 Å². The van der Waals surface area contributed by atoms with Crippen LogP contribution < -0.4 is 0 Å². The summed E-state index contributed by atoms with van der Waals surface area (Å²) < 4.78 is 12.4. The number of aryl methyl sites for hydroxylation is 1. The third kappa shape index (κ3) is 4.32. The molecule has 1 aromatic heterocycles. The predicted octanol–water partition coefficient (Wildman–Crippen LogP) is 6.26. The van der Waals surface area contributed by atoms with Gasteiger partial charge in [0.25, 0.3) is 0 Å². The van der Waals surface area contributed by atoms with Crippen LogP contribution in [0.25, 0.3) is 21.9 Å². The van der Waals surface area contributed by atoms with Gasteiger partial charge in [0.1, 0.15) is 11.2 Å². The molecule has 2 unspecified atom stereocenters. The fraction of sp³-hybridized carbons (Fsp3) is 0.520. The van der Waals surface area contributed by atoms with Crippen molar-refractivity contribution >= 4 is 30.6 Å². The molecule has 1 aliphatic carbocycles. The van der Waals surface area contributed by atoms with Gasteiger partial charge in [-0.1, -0.05) is 38.8 Å². The lowest BCUT2D eigenvalue weighted by atomic mass is 9.95. The molecule has 2 N–H and O–H groups in total. The lowest BCUT2D eigenvalue weighted by Crippen LogP contribution is -1.96. The van der Waals surface area contributed by atoms with Crippen LogP contribution in [0.2, 0.25) is 0 Å². The first kappa shape index (κ1) is 21.5. The second-order valence-electron chi connectivity index (χ2n) is 8.54. The van der Waals surface area contributed by atoms with Crippen LogP contribution in [0, 0.1) is 5.92 Å². The van der Waals surface area contributed by atoms with Crippen LogP contribution in [0.15, 0.2) is 32.7 Å². The molecule has 0 bridgehead atoms. The highest BCUT2D eigenvalue weighted by Crippen LogP contribution is 2.52. The molecule has 2 aromatic carbocycles. The Kier molecular flexibility index (Phi) is 6.87. The second-order valence-corrected chi connectivity index (χ2v) is 9.12. The normalized spacial score (nSPS) is 18.5. The van der Waals surface area contributed by atoms with Crippen molar-refractivity contribution in [2.24, 2.45) is 5.92 Å². The van der Waals surface area contributed by atoms with Crippen LogP contribution in [0.1, 0.15) is 67.7 Å². The van der Waals surface area contributed by atoms with Crippen LogP contribution in [0.5, 0.6) is 0 Å². The fourth-order valence-corrected chi connectivity index (χ4v) is 5.34. The molecule has 0 saturated heterocycles. The average Bonchev–Trinajstić information content (AvgIpc) is 3.55. The summed E-state index contributed by atoms with van der Waals surface area (Å²) in [7, 11) is -0.0634. The minimum atomic E-state index is -0.0634. The van der Waals surface area contributed by atoms with E-state index in [9.17, 15) is 10.2 Å². The molecular formula is C25H33O4P. The van der Waals surface area contributed by atoms with Gasteiger partial charge in [0.15, 0.2) is 0 Å². The Balaban J connectivity index is 2.02. The van der Waals surface area contributed by atoms with E-state index in [0.29, 0.717) is 18.8 Å². The van der Waals surface area contributed by atoms with Crippen LogP contribution in [-0.4, -0.2) is 23.4 Å². The summed E-state index contributed by atoms with van der Waals surface area (Å²) in [5.41, 5.74) is 6.64. The maximum Gasteiger partial charge on any atom is 0.201 e. The summed E-state index contributed by atoms with van der Waals surface area (Å²) >= 11 is 0. The highest BCUT2D eigenvalue weighted by molar-refractivity contribution is 7.15. The van der Waals surface area contributed by atoms with Gasteiger partial charge in [0, 0.05) is 24.0 Å². The van der Waals surface area contributed by atoms with Crippen molar-refractivity contribution in [1.29, 1.82) is 0 Å². The topological polar surface area (TPSA) is 66.7 Å². The summed E-state index contributed by atoms with van der Waals surface area (Å²) in [5.74, 6) is 1.25. The average molecular weight is 429 g/mol. The van der Waals surface area contributed by atoms with Crippen LogP contribution in [0.4, 0.5) is 0 Å².